The molecule has 1 aliphatic rings. The smallest absolute Gasteiger partial charge is 0.149 e. The van der Waals surface area contributed by atoms with E-state index < -0.39 is 0 Å². The summed E-state index contributed by atoms with van der Waals surface area (Å²) in [6.07, 6.45) is 0. The monoisotopic (exact) mass is 347 g/mol. The molecule has 3 nitrogen and oxygen atoms in total. The summed E-state index contributed by atoms with van der Waals surface area (Å²) >= 11 is 8.16. The van der Waals surface area contributed by atoms with Crippen LogP contribution in [-0.2, 0) is 0 Å². The van der Waals surface area contributed by atoms with Gasteiger partial charge < -0.3 is 4.90 Å². The topological polar surface area (TPSA) is 39.9 Å². The predicted molar refractivity (Wildman–Crippen MR) is 93.6 cm³/mol. The second-order valence-electron chi connectivity index (χ2n) is 5.36. The summed E-state index contributed by atoms with van der Waals surface area (Å²) in [5.74, 6) is 2.57. The SMILES string of the molecule is Cc1cc(F)ccc1-c1cc(N2CCSCC2)nc(Cl)c1C#N. The Morgan fingerprint density at radius 2 is 2.00 bits per heavy atom. The molecule has 118 valence electrons. The number of aromatic nitrogens is 1. The predicted octanol–water partition coefficient (Wildman–Crippen LogP) is 4.27. The molecule has 1 aromatic heterocycles. The maximum atomic E-state index is 13.4. The molecule has 1 saturated heterocycles. The van der Waals surface area contributed by atoms with Crippen LogP contribution in [0.3, 0.4) is 0 Å². The summed E-state index contributed by atoms with van der Waals surface area (Å²) in [6.45, 7) is 3.63. The van der Waals surface area contributed by atoms with E-state index in [1.807, 2.05) is 24.8 Å². The van der Waals surface area contributed by atoms with Crippen LogP contribution in [-0.4, -0.2) is 29.6 Å². The van der Waals surface area contributed by atoms with Gasteiger partial charge in [0, 0.05) is 30.2 Å². The molecule has 1 fully saturated rings. The third kappa shape index (κ3) is 3.29. The van der Waals surface area contributed by atoms with Gasteiger partial charge in [-0.15, -0.1) is 0 Å². The Kier molecular flexibility index (Phi) is 4.74. The van der Waals surface area contributed by atoms with Crippen molar-refractivity contribution in [2.24, 2.45) is 0 Å². The molecular weight excluding hydrogens is 333 g/mol. The molecule has 23 heavy (non-hydrogen) atoms. The average Bonchev–Trinajstić information content (AvgIpc) is 2.55. The number of aryl methyl sites for hydroxylation is 1. The average molecular weight is 348 g/mol. The minimum Gasteiger partial charge on any atom is -0.355 e. The van der Waals surface area contributed by atoms with Crippen molar-refractivity contribution in [3.63, 3.8) is 0 Å². The van der Waals surface area contributed by atoms with Gasteiger partial charge in [0.1, 0.15) is 22.9 Å². The number of hydrogen-bond donors (Lipinski definition) is 0. The first-order valence-corrected chi connectivity index (χ1v) is 8.83. The van der Waals surface area contributed by atoms with Crippen LogP contribution in [0.15, 0.2) is 24.3 Å². The van der Waals surface area contributed by atoms with Crippen molar-refractivity contribution in [3.05, 3.63) is 46.4 Å². The summed E-state index contributed by atoms with van der Waals surface area (Å²) < 4.78 is 13.4. The maximum absolute atomic E-state index is 13.4. The van der Waals surface area contributed by atoms with Crippen LogP contribution >= 0.6 is 23.4 Å². The number of nitriles is 1. The highest BCUT2D eigenvalue weighted by Crippen LogP contribution is 2.34. The second kappa shape index (κ2) is 6.77. The number of benzene rings is 1. The van der Waals surface area contributed by atoms with Crippen molar-refractivity contribution in [1.29, 1.82) is 5.26 Å². The van der Waals surface area contributed by atoms with Crippen LogP contribution in [0.2, 0.25) is 5.15 Å². The highest BCUT2D eigenvalue weighted by atomic mass is 35.5. The lowest BCUT2D eigenvalue weighted by molar-refractivity contribution is 0.627. The first-order chi connectivity index (χ1) is 11.1. The molecule has 1 aromatic carbocycles. The molecule has 0 saturated carbocycles. The van der Waals surface area contributed by atoms with Gasteiger partial charge in [0.25, 0.3) is 0 Å². The third-order valence-electron chi connectivity index (χ3n) is 3.89. The first kappa shape index (κ1) is 16.1. The van der Waals surface area contributed by atoms with Gasteiger partial charge in [0.05, 0.1) is 5.56 Å². The zero-order valence-electron chi connectivity index (χ0n) is 12.6. The molecule has 0 aliphatic carbocycles. The highest BCUT2D eigenvalue weighted by Gasteiger charge is 2.19. The van der Waals surface area contributed by atoms with Gasteiger partial charge in [-0.05, 0) is 36.2 Å². The molecule has 0 unspecified atom stereocenters. The van der Waals surface area contributed by atoms with Crippen molar-refractivity contribution in [1.82, 2.24) is 4.98 Å². The highest BCUT2D eigenvalue weighted by molar-refractivity contribution is 7.99. The standard InChI is InChI=1S/C17H15ClFN3S/c1-11-8-12(19)2-3-13(11)14-9-16(21-17(18)15(14)10-20)22-4-6-23-7-5-22/h2-3,8-9H,4-7H2,1H3. The number of rotatable bonds is 2. The summed E-state index contributed by atoms with van der Waals surface area (Å²) in [5, 5.41) is 9.64. The molecule has 1 aliphatic heterocycles. The van der Waals surface area contributed by atoms with Crippen molar-refractivity contribution in [2.75, 3.05) is 29.5 Å². The van der Waals surface area contributed by atoms with Gasteiger partial charge in [-0.3, -0.25) is 0 Å². The van der Waals surface area contributed by atoms with E-state index in [0.29, 0.717) is 11.1 Å². The van der Waals surface area contributed by atoms with E-state index in [4.69, 9.17) is 11.6 Å². The lowest BCUT2D eigenvalue weighted by atomic mass is 9.97. The molecule has 0 spiro atoms. The lowest BCUT2D eigenvalue weighted by Gasteiger charge is -2.28. The van der Waals surface area contributed by atoms with Crippen LogP contribution in [0.4, 0.5) is 10.2 Å². The van der Waals surface area contributed by atoms with Crippen molar-refractivity contribution >= 4 is 29.2 Å². The van der Waals surface area contributed by atoms with E-state index >= 15 is 0 Å². The summed E-state index contributed by atoms with van der Waals surface area (Å²) in [4.78, 5) is 6.56. The zero-order chi connectivity index (χ0) is 16.4. The van der Waals surface area contributed by atoms with E-state index in [1.54, 1.807) is 6.07 Å². The number of thioether (sulfide) groups is 1. The molecule has 0 amide bonds. The van der Waals surface area contributed by atoms with Gasteiger partial charge in [0.2, 0.25) is 0 Å². The molecule has 0 radical (unpaired) electrons. The van der Waals surface area contributed by atoms with Crippen LogP contribution in [0.1, 0.15) is 11.1 Å². The first-order valence-electron chi connectivity index (χ1n) is 7.30. The molecule has 3 rings (SSSR count). The fraction of sp³-hybridized carbons (Fsp3) is 0.294. The van der Waals surface area contributed by atoms with E-state index in [9.17, 15) is 9.65 Å². The number of pyridine rings is 1. The maximum Gasteiger partial charge on any atom is 0.149 e. The number of hydrogen-bond acceptors (Lipinski definition) is 4. The Hall–Kier alpha value is -1.77. The van der Waals surface area contributed by atoms with Crippen LogP contribution in [0.5, 0.6) is 0 Å². The molecule has 0 bridgehead atoms. The Labute approximate surface area is 144 Å². The summed E-state index contributed by atoms with van der Waals surface area (Å²) in [7, 11) is 0. The summed E-state index contributed by atoms with van der Waals surface area (Å²) in [6, 6.07) is 8.56. The molecular formula is C17H15ClFN3S. The van der Waals surface area contributed by atoms with Crippen LogP contribution < -0.4 is 4.90 Å². The van der Waals surface area contributed by atoms with Gasteiger partial charge in [-0.2, -0.15) is 17.0 Å². The molecule has 0 N–H and O–H groups in total. The van der Waals surface area contributed by atoms with Gasteiger partial charge in [-0.1, -0.05) is 17.7 Å². The van der Waals surface area contributed by atoms with Crippen LogP contribution in [0, 0.1) is 24.1 Å². The van der Waals surface area contributed by atoms with Gasteiger partial charge >= 0.3 is 0 Å². The zero-order valence-corrected chi connectivity index (χ0v) is 14.2. The van der Waals surface area contributed by atoms with E-state index in [0.717, 1.165) is 41.5 Å². The quantitative estimate of drug-likeness (QED) is 0.760. The van der Waals surface area contributed by atoms with Crippen molar-refractivity contribution in [3.8, 4) is 17.2 Å². The normalized spacial score (nSPS) is 14.6. The van der Waals surface area contributed by atoms with E-state index in [2.05, 4.69) is 16.0 Å². The molecule has 2 heterocycles. The largest absolute Gasteiger partial charge is 0.355 e. The number of halogens is 2. The Morgan fingerprint density at radius 3 is 2.65 bits per heavy atom. The number of nitrogens with zero attached hydrogens (tertiary/aromatic N) is 3. The Bertz CT molecular complexity index is 782. The minimum absolute atomic E-state index is 0.196. The fourth-order valence-corrected chi connectivity index (χ4v) is 3.84. The molecule has 6 heteroatoms. The van der Waals surface area contributed by atoms with Gasteiger partial charge in [0.15, 0.2) is 0 Å². The van der Waals surface area contributed by atoms with Crippen LogP contribution in [0.25, 0.3) is 11.1 Å². The summed E-state index contributed by atoms with van der Waals surface area (Å²) in [5.41, 5.74) is 2.61. The lowest BCUT2D eigenvalue weighted by Crippen LogP contribution is -2.33. The molecule has 0 atom stereocenters. The van der Waals surface area contributed by atoms with Gasteiger partial charge in [-0.25, -0.2) is 9.37 Å². The van der Waals surface area contributed by atoms with Crippen molar-refractivity contribution in [2.45, 2.75) is 6.92 Å². The third-order valence-corrected chi connectivity index (χ3v) is 5.10. The fourth-order valence-electron chi connectivity index (χ4n) is 2.70. The Balaban J connectivity index is 2.14. The molecule has 2 aromatic rings. The second-order valence-corrected chi connectivity index (χ2v) is 6.95. The van der Waals surface area contributed by atoms with E-state index in [1.165, 1.54) is 12.1 Å². The number of anilines is 1. The van der Waals surface area contributed by atoms with Crippen molar-refractivity contribution < 1.29 is 4.39 Å². The van der Waals surface area contributed by atoms with E-state index in [-0.39, 0.29) is 11.0 Å². The Morgan fingerprint density at radius 1 is 1.26 bits per heavy atom. The minimum atomic E-state index is -0.293.